The van der Waals surface area contributed by atoms with Gasteiger partial charge in [0.05, 0.1) is 0 Å². The maximum Gasteiger partial charge on any atom is 0.166 e. The van der Waals surface area contributed by atoms with Crippen molar-refractivity contribution in [3.05, 3.63) is 58.9 Å². The van der Waals surface area contributed by atoms with Gasteiger partial charge in [0, 0.05) is 6.04 Å². The fourth-order valence-corrected chi connectivity index (χ4v) is 2.29. The zero-order valence-corrected chi connectivity index (χ0v) is 12.1. The number of hydrogen-bond acceptors (Lipinski definition) is 2. The largest absolute Gasteiger partial charge is 0.454 e. The first kappa shape index (κ1) is 14.5. The summed E-state index contributed by atoms with van der Waals surface area (Å²) in [6.45, 7) is 5.87. The Balaban J connectivity index is 2.36. The van der Waals surface area contributed by atoms with Gasteiger partial charge < -0.3 is 10.5 Å². The molecule has 1 atom stereocenters. The van der Waals surface area contributed by atoms with Crippen LogP contribution in [-0.4, -0.2) is 6.04 Å². The van der Waals surface area contributed by atoms with Crippen LogP contribution in [0, 0.1) is 19.7 Å². The Bertz CT molecular complexity index is 588. The minimum absolute atomic E-state index is 0.0432. The van der Waals surface area contributed by atoms with Gasteiger partial charge in [0.25, 0.3) is 0 Å². The summed E-state index contributed by atoms with van der Waals surface area (Å²) in [5, 5.41) is 0. The van der Waals surface area contributed by atoms with E-state index in [9.17, 15) is 4.39 Å². The van der Waals surface area contributed by atoms with E-state index in [1.165, 1.54) is 6.07 Å². The van der Waals surface area contributed by atoms with Gasteiger partial charge in [-0.2, -0.15) is 0 Å². The highest BCUT2D eigenvalue weighted by Gasteiger charge is 2.12. The smallest absolute Gasteiger partial charge is 0.166 e. The zero-order valence-electron chi connectivity index (χ0n) is 12.1. The third-order valence-electron chi connectivity index (χ3n) is 3.01. The minimum atomic E-state index is -0.359. The molecule has 0 aromatic heterocycles. The lowest BCUT2D eigenvalue weighted by molar-refractivity contribution is 0.434. The molecular weight excluding hydrogens is 253 g/mol. The van der Waals surface area contributed by atoms with E-state index in [4.69, 9.17) is 10.5 Å². The second-order valence-corrected chi connectivity index (χ2v) is 5.33. The van der Waals surface area contributed by atoms with Crippen LogP contribution in [-0.2, 0) is 6.42 Å². The van der Waals surface area contributed by atoms with Crippen LogP contribution < -0.4 is 10.5 Å². The minimum Gasteiger partial charge on any atom is -0.454 e. The van der Waals surface area contributed by atoms with E-state index in [0.717, 1.165) is 16.7 Å². The van der Waals surface area contributed by atoms with E-state index in [-0.39, 0.29) is 17.6 Å². The third-order valence-corrected chi connectivity index (χ3v) is 3.01. The molecule has 0 amide bonds. The van der Waals surface area contributed by atoms with Crippen LogP contribution in [0.4, 0.5) is 4.39 Å². The zero-order chi connectivity index (χ0) is 14.7. The molecule has 0 spiro atoms. The molecule has 2 N–H and O–H groups in total. The van der Waals surface area contributed by atoms with Gasteiger partial charge in [-0.05, 0) is 62.1 Å². The normalized spacial score (nSPS) is 12.2. The molecule has 0 aliphatic carbocycles. The molecule has 2 nitrogen and oxygen atoms in total. The predicted octanol–water partition coefficient (Wildman–Crippen LogP) is 4.12. The summed E-state index contributed by atoms with van der Waals surface area (Å²) >= 11 is 0. The molecule has 0 heterocycles. The highest BCUT2D eigenvalue weighted by Crippen LogP contribution is 2.30. The average molecular weight is 273 g/mol. The third kappa shape index (κ3) is 3.58. The van der Waals surface area contributed by atoms with Crippen molar-refractivity contribution < 1.29 is 9.13 Å². The number of nitrogens with two attached hydrogens (primary N) is 1. The average Bonchev–Trinajstić information content (AvgIpc) is 2.31. The monoisotopic (exact) mass is 273 g/mol. The molecule has 0 fully saturated rings. The van der Waals surface area contributed by atoms with Gasteiger partial charge in [-0.25, -0.2) is 4.39 Å². The van der Waals surface area contributed by atoms with Gasteiger partial charge in [0.2, 0.25) is 0 Å². The van der Waals surface area contributed by atoms with Crippen molar-refractivity contribution in [3.8, 4) is 11.5 Å². The highest BCUT2D eigenvalue weighted by molar-refractivity contribution is 5.41. The van der Waals surface area contributed by atoms with Crippen molar-refractivity contribution in [3.63, 3.8) is 0 Å². The standard InChI is InChI=1S/C17H20FNO/c1-11-7-12(2)9-15(8-11)20-17-14(10-13(3)19)5-4-6-16(17)18/h4-9,13H,10,19H2,1-3H3. The molecule has 3 heteroatoms. The number of para-hydroxylation sites is 1. The predicted molar refractivity (Wildman–Crippen MR) is 79.7 cm³/mol. The van der Waals surface area contributed by atoms with Crippen molar-refractivity contribution in [1.29, 1.82) is 0 Å². The molecule has 0 aliphatic rings. The molecule has 2 rings (SSSR count). The van der Waals surface area contributed by atoms with Gasteiger partial charge in [0.1, 0.15) is 5.75 Å². The van der Waals surface area contributed by atoms with Crippen molar-refractivity contribution in [1.82, 2.24) is 0 Å². The Hall–Kier alpha value is -1.87. The van der Waals surface area contributed by atoms with Crippen LogP contribution in [0.3, 0.4) is 0 Å². The van der Waals surface area contributed by atoms with Crippen LogP contribution in [0.1, 0.15) is 23.6 Å². The maximum atomic E-state index is 14.0. The van der Waals surface area contributed by atoms with Gasteiger partial charge in [-0.1, -0.05) is 18.2 Å². The van der Waals surface area contributed by atoms with Crippen molar-refractivity contribution in [2.45, 2.75) is 33.2 Å². The Kier molecular flexibility index (Phi) is 4.40. The molecule has 0 saturated carbocycles. The van der Waals surface area contributed by atoms with Gasteiger partial charge in [0.15, 0.2) is 11.6 Å². The van der Waals surface area contributed by atoms with Gasteiger partial charge >= 0.3 is 0 Å². The summed E-state index contributed by atoms with van der Waals surface area (Å²) in [6, 6.07) is 10.7. The Labute approximate surface area is 119 Å². The van der Waals surface area contributed by atoms with Crippen LogP contribution in [0.5, 0.6) is 11.5 Å². The molecule has 0 radical (unpaired) electrons. The molecule has 0 bridgehead atoms. The van der Waals surface area contributed by atoms with E-state index in [2.05, 4.69) is 6.07 Å². The van der Waals surface area contributed by atoms with Crippen molar-refractivity contribution in [2.75, 3.05) is 0 Å². The number of aryl methyl sites for hydroxylation is 2. The van der Waals surface area contributed by atoms with E-state index in [1.807, 2.05) is 39.0 Å². The van der Waals surface area contributed by atoms with Crippen molar-refractivity contribution >= 4 is 0 Å². The number of benzene rings is 2. The van der Waals surface area contributed by atoms with Gasteiger partial charge in [-0.3, -0.25) is 0 Å². The topological polar surface area (TPSA) is 35.2 Å². The number of ether oxygens (including phenoxy) is 1. The lowest BCUT2D eigenvalue weighted by atomic mass is 10.1. The van der Waals surface area contributed by atoms with Crippen molar-refractivity contribution in [2.24, 2.45) is 5.73 Å². The summed E-state index contributed by atoms with van der Waals surface area (Å²) in [4.78, 5) is 0. The van der Waals surface area contributed by atoms with E-state index < -0.39 is 0 Å². The summed E-state index contributed by atoms with van der Waals surface area (Å²) in [5.41, 5.74) is 8.77. The molecular formula is C17H20FNO. The fourth-order valence-electron chi connectivity index (χ4n) is 2.29. The maximum absolute atomic E-state index is 14.0. The summed E-state index contributed by atoms with van der Waals surface area (Å²) in [6.07, 6.45) is 0.581. The quantitative estimate of drug-likeness (QED) is 0.909. The van der Waals surface area contributed by atoms with Gasteiger partial charge in [-0.15, -0.1) is 0 Å². The van der Waals surface area contributed by atoms with E-state index in [1.54, 1.807) is 6.07 Å². The molecule has 1 unspecified atom stereocenters. The first-order valence-electron chi connectivity index (χ1n) is 6.75. The summed E-state index contributed by atoms with van der Waals surface area (Å²) in [5.74, 6) is 0.565. The molecule has 0 aliphatic heterocycles. The fraction of sp³-hybridized carbons (Fsp3) is 0.294. The summed E-state index contributed by atoms with van der Waals surface area (Å²) < 4.78 is 19.8. The number of rotatable bonds is 4. The first-order valence-corrected chi connectivity index (χ1v) is 6.75. The Morgan fingerprint density at radius 3 is 2.40 bits per heavy atom. The molecule has 20 heavy (non-hydrogen) atoms. The SMILES string of the molecule is Cc1cc(C)cc(Oc2c(F)cccc2CC(C)N)c1. The van der Waals surface area contributed by atoms with Crippen LogP contribution in [0.15, 0.2) is 36.4 Å². The molecule has 2 aromatic carbocycles. The first-order chi connectivity index (χ1) is 9.45. The lowest BCUT2D eigenvalue weighted by Crippen LogP contribution is -2.18. The van der Waals surface area contributed by atoms with Crippen LogP contribution in [0.2, 0.25) is 0 Å². The molecule has 0 saturated heterocycles. The summed E-state index contributed by atoms with van der Waals surface area (Å²) in [7, 11) is 0. The van der Waals surface area contributed by atoms with E-state index >= 15 is 0 Å². The van der Waals surface area contributed by atoms with Crippen LogP contribution in [0.25, 0.3) is 0 Å². The molecule has 2 aromatic rings. The highest BCUT2D eigenvalue weighted by atomic mass is 19.1. The second-order valence-electron chi connectivity index (χ2n) is 5.33. The number of hydrogen-bond donors (Lipinski definition) is 1. The lowest BCUT2D eigenvalue weighted by Gasteiger charge is -2.14. The second kappa shape index (κ2) is 6.06. The molecule has 106 valence electrons. The Morgan fingerprint density at radius 1 is 1.15 bits per heavy atom. The Morgan fingerprint density at radius 2 is 1.80 bits per heavy atom. The number of halogens is 1. The van der Waals surface area contributed by atoms with Crippen LogP contribution >= 0.6 is 0 Å². The van der Waals surface area contributed by atoms with E-state index in [0.29, 0.717) is 12.2 Å².